The van der Waals surface area contributed by atoms with Crippen molar-refractivity contribution >= 4 is 23.5 Å². The molecule has 4 aliphatic carbocycles. The van der Waals surface area contributed by atoms with E-state index in [1.54, 1.807) is 10.5 Å². The van der Waals surface area contributed by atoms with Crippen molar-refractivity contribution in [1.82, 2.24) is 0 Å². The largest absolute Gasteiger partial charge is 0.452 e. The summed E-state index contributed by atoms with van der Waals surface area (Å²) in [4.78, 5) is 14.1. The van der Waals surface area contributed by atoms with Crippen LogP contribution in [-0.2, 0) is 4.74 Å². The van der Waals surface area contributed by atoms with E-state index in [0.717, 1.165) is 84.3 Å². The van der Waals surface area contributed by atoms with Gasteiger partial charge in [0.05, 0.1) is 13.2 Å². The van der Waals surface area contributed by atoms with Crippen LogP contribution in [0.5, 0.6) is 0 Å². The number of allylic oxidation sites excluding steroid dienone is 2. The van der Waals surface area contributed by atoms with E-state index in [0.29, 0.717) is 17.4 Å². The van der Waals surface area contributed by atoms with E-state index < -0.39 is 0 Å². The Morgan fingerprint density at radius 1 is 0.980 bits per heavy atom. The third kappa shape index (κ3) is 9.13. The number of rotatable bonds is 16. The molecule has 0 radical (unpaired) electrons. The van der Waals surface area contributed by atoms with Gasteiger partial charge in [-0.15, -0.1) is 0 Å². The summed E-state index contributed by atoms with van der Waals surface area (Å²) in [5.41, 5.74) is 4.83. The second-order valence-electron chi connectivity index (χ2n) is 17.9. The van der Waals surface area contributed by atoms with Crippen LogP contribution in [0.1, 0.15) is 136 Å². The van der Waals surface area contributed by atoms with Gasteiger partial charge in [0.1, 0.15) is 0 Å². The molecule has 1 N–H and O–H groups in total. The zero-order valence-electron chi connectivity index (χ0n) is 32.4. The van der Waals surface area contributed by atoms with Gasteiger partial charge >= 0.3 is 6.09 Å². The van der Waals surface area contributed by atoms with E-state index in [1.165, 1.54) is 83.3 Å². The van der Waals surface area contributed by atoms with Gasteiger partial charge in [-0.05, 0) is 154 Å². The first-order valence-corrected chi connectivity index (χ1v) is 21.5. The van der Waals surface area contributed by atoms with E-state index in [4.69, 9.17) is 4.74 Å². The van der Waals surface area contributed by atoms with Crippen molar-refractivity contribution in [2.45, 2.75) is 144 Å². The number of unbranched alkanes of at least 4 members (excludes halogenated alkanes) is 1. The number of aryl methyl sites for hydroxylation is 1. The summed E-state index contributed by atoms with van der Waals surface area (Å²) in [5.74, 6) is 7.94. The van der Waals surface area contributed by atoms with Crippen LogP contribution in [-0.4, -0.2) is 42.5 Å². The molecule has 3 fully saturated rings. The average molecular weight is 694 g/mol. The molecule has 9 unspecified atom stereocenters. The van der Waals surface area contributed by atoms with Gasteiger partial charge in [-0.25, -0.2) is 4.79 Å². The monoisotopic (exact) mass is 694 g/mol. The molecule has 1 aromatic carbocycles. The van der Waals surface area contributed by atoms with Gasteiger partial charge in [-0.3, -0.25) is 4.90 Å². The van der Waals surface area contributed by atoms with Gasteiger partial charge in [0.25, 0.3) is 0 Å². The zero-order chi connectivity index (χ0) is 35.2. The molecule has 4 aliphatic rings. The summed E-state index contributed by atoms with van der Waals surface area (Å²) in [7, 11) is 1.44. The Morgan fingerprint density at radius 2 is 1.76 bits per heavy atom. The van der Waals surface area contributed by atoms with Gasteiger partial charge in [0.2, 0.25) is 0 Å². The highest BCUT2D eigenvalue weighted by Crippen LogP contribution is 2.67. The smallest absolute Gasteiger partial charge is 0.413 e. The average Bonchev–Trinajstić information content (AvgIpc) is 3.44. The number of anilines is 1. The fourth-order valence-electron chi connectivity index (χ4n) is 11.4. The minimum absolute atomic E-state index is 0.221. The summed E-state index contributed by atoms with van der Waals surface area (Å²) in [5, 5.41) is 10.9. The third-order valence-electron chi connectivity index (χ3n) is 14.3. The number of aliphatic hydroxyl groups excluding tert-OH is 1. The Morgan fingerprint density at radius 3 is 2.49 bits per heavy atom. The lowest BCUT2D eigenvalue weighted by molar-refractivity contribution is -0.0531. The van der Waals surface area contributed by atoms with Crippen molar-refractivity contribution in [3.8, 4) is 0 Å². The standard InChI is InChI=1S/C44H71NO3S/c1-31(2)11-10-12-33(4)39-21-22-40-38-20-16-35-29-34(23-25-43(35,5)41(38)24-26-44(39,40)6)15-19-37(46)30-49-28-9-8-27-45(42(47)48-7)36-17-13-32(3)14-18-36/h13-14,16-18,31,33-34,37-41,46H,8-12,15,19-30H2,1-7H3. The second-order valence-corrected chi connectivity index (χ2v) is 19.0. The number of amides is 1. The van der Waals surface area contributed by atoms with Gasteiger partial charge < -0.3 is 9.84 Å². The maximum atomic E-state index is 12.4. The van der Waals surface area contributed by atoms with Crippen LogP contribution >= 0.6 is 11.8 Å². The topological polar surface area (TPSA) is 49.8 Å². The molecule has 9 atom stereocenters. The number of aliphatic hydroxyl groups is 1. The number of hydrogen-bond acceptors (Lipinski definition) is 4. The van der Waals surface area contributed by atoms with Gasteiger partial charge in [0.15, 0.2) is 0 Å². The minimum Gasteiger partial charge on any atom is -0.452 e. The first kappa shape index (κ1) is 38.8. The van der Waals surface area contributed by atoms with Crippen LogP contribution in [0.25, 0.3) is 0 Å². The molecule has 276 valence electrons. The van der Waals surface area contributed by atoms with E-state index in [9.17, 15) is 9.90 Å². The van der Waals surface area contributed by atoms with Gasteiger partial charge in [-0.1, -0.05) is 83.2 Å². The molecule has 3 saturated carbocycles. The van der Waals surface area contributed by atoms with Crippen molar-refractivity contribution in [2.75, 3.05) is 30.1 Å². The van der Waals surface area contributed by atoms with E-state index in [-0.39, 0.29) is 12.2 Å². The predicted octanol–water partition coefficient (Wildman–Crippen LogP) is 11.9. The van der Waals surface area contributed by atoms with Crippen molar-refractivity contribution in [2.24, 2.45) is 52.3 Å². The number of fused-ring (bicyclic) bond motifs is 5. The summed E-state index contributed by atoms with van der Waals surface area (Å²) in [6.45, 7) is 15.4. The number of hydrogen-bond donors (Lipinski definition) is 1. The summed E-state index contributed by atoms with van der Waals surface area (Å²) in [6, 6.07) is 8.03. The minimum atomic E-state index is -0.305. The number of thioether (sulfide) groups is 1. The third-order valence-corrected chi connectivity index (χ3v) is 15.5. The van der Waals surface area contributed by atoms with Crippen LogP contribution in [0.2, 0.25) is 0 Å². The number of carbonyl (C=O) groups excluding carboxylic acids is 1. The SMILES string of the molecule is COC(=O)N(CCCCSCC(O)CCC1CCC2(C)C(=CCC3C2CCC2(C)C(C(C)CCCC(C)C)CCC32)C1)c1ccc(C)cc1. The van der Waals surface area contributed by atoms with Crippen molar-refractivity contribution in [3.63, 3.8) is 0 Å². The number of nitrogens with zero attached hydrogens (tertiary/aromatic N) is 1. The van der Waals surface area contributed by atoms with Crippen LogP contribution < -0.4 is 4.90 Å². The Balaban J connectivity index is 1.03. The van der Waals surface area contributed by atoms with Crippen molar-refractivity contribution < 1.29 is 14.6 Å². The Kier molecular flexibility index (Phi) is 13.7. The number of ether oxygens (including phenoxy) is 1. The van der Waals surface area contributed by atoms with Crippen molar-refractivity contribution in [1.29, 1.82) is 0 Å². The highest BCUT2D eigenvalue weighted by Gasteiger charge is 2.59. The molecule has 1 amide bonds. The zero-order valence-corrected chi connectivity index (χ0v) is 33.2. The van der Waals surface area contributed by atoms with Crippen LogP contribution in [0.4, 0.5) is 10.5 Å². The molecular formula is C44H71NO3S. The molecule has 0 spiro atoms. The molecule has 1 aromatic rings. The normalized spacial score (nSPS) is 32.1. The highest BCUT2D eigenvalue weighted by atomic mass is 32.2. The highest BCUT2D eigenvalue weighted by molar-refractivity contribution is 7.99. The van der Waals surface area contributed by atoms with E-state index >= 15 is 0 Å². The van der Waals surface area contributed by atoms with Crippen LogP contribution in [0.15, 0.2) is 35.9 Å². The number of methoxy groups -OCH3 is 1. The lowest BCUT2D eigenvalue weighted by Crippen LogP contribution is -2.50. The molecule has 49 heavy (non-hydrogen) atoms. The molecule has 0 saturated heterocycles. The molecule has 0 heterocycles. The maximum Gasteiger partial charge on any atom is 0.413 e. The number of benzene rings is 1. The van der Waals surface area contributed by atoms with Crippen molar-refractivity contribution in [3.05, 3.63) is 41.5 Å². The molecule has 5 heteroatoms. The molecule has 0 aliphatic heterocycles. The fraction of sp³-hybridized carbons (Fsp3) is 0.795. The lowest BCUT2D eigenvalue weighted by Gasteiger charge is -2.58. The second kappa shape index (κ2) is 17.4. The molecule has 0 aromatic heterocycles. The first-order valence-electron chi connectivity index (χ1n) is 20.3. The maximum absolute atomic E-state index is 12.4. The fourth-order valence-corrected chi connectivity index (χ4v) is 12.4. The summed E-state index contributed by atoms with van der Waals surface area (Å²) < 4.78 is 5.03. The Bertz CT molecular complexity index is 1230. The summed E-state index contributed by atoms with van der Waals surface area (Å²) >= 11 is 1.86. The van der Waals surface area contributed by atoms with E-state index in [2.05, 4.69) is 47.6 Å². The van der Waals surface area contributed by atoms with Gasteiger partial charge in [0, 0.05) is 18.0 Å². The quantitative estimate of drug-likeness (QED) is 0.138. The van der Waals surface area contributed by atoms with E-state index in [1.807, 2.05) is 36.0 Å². The molecule has 4 nitrogen and oxygen atoms in total. The van der Waals surface area contributed by atoms with Crippen LogP contribution in [0, 0.1) is 59.2 Å². The summed E-state index contributed by atoms with van der Waals surface area (Å²) in [6.07, 6.45) is 21.7. The Hall–Kier alpha value is -1.46. The Labute approximate surface area is 305 Å². The molecule has 0 bridgehead atoms. The predicted molar refractivity (Wildman–Crippen MR) is 209 cm³/mol. The van der Waals surface area contributed by atoms with Crippen LogP contribution in [0.3, 0.4) is 0 Å². The molecular weight excluding hydrogens is 623 g/mol. The lowest BCUT2D eigenvalue weighted by atomic mass is 9.46. The first-order chi connectivity index (χ1) is 23.5. The molecule has 5 rings (SSSR count). The van der Waals surface area contributed by atoms with Gasteiger partial charge in [-0.2, -0.15) is 11.8 Å². The number of carbonyl (C=O) groups is 1.